The van der Waals surface area contributed by atoms with Crippen molar-refractivity contribution in [2.75, 3.05) is 40.4 Å². The van der Waals surface area contributed by atoms with Crippen LogP contribution in [0, 0.1) is 6.92 Å². The Kier molecular flexibility index (Phi) is 5.38. The molecule has 0 N–H and O–H groups in total. The van der Waals surface area contributed by atoms with Crippen molar-refractivity contribution in [3.8, 4) is 11.5 Å². The Morgan fingerprint density at radius 1 is 1.11 bits per heavy atom. The van der Waals surface area contributed by atoms with Crippen molar-refractivity contribution in [1.29, 1.82) is 0 Å². The third kappa shape index (κ3) is 3.76. The first-order valence-electron chi connectivity index (χ1n) is 8.31. The Balaban J connectivity index is 1.76. The summed E-state index contributed by atoms with van der Waals surface area (Å²) in [6, 6.07) is 6.18. The molecule has 0 saturated carbocycles. The van der Waals surface area contributed by atoms with Crippen LogP contribution in [0.3, 0.4) is 0 Å². The smallest absolute Gasteiger partial charge is 0.276 e. The van der Waals surface area contributed by atoms with E-state index in [-0.39, 0.29) is 48.4 Å². The van der Waals surface area contributed by atoms with Gasteiger partial charge in [-0.05, 0) is 19.1 Å². The van der Waals surface area contributed by atoms with Crippen LogP contribution in [-0.4, -0.2) is 69.1 Å². The van der Waals surface area contributed by atoms with Gasteiger partial charge in [-0.1, -0.05) is 5.16 Å². The largest absolute Gasteiger partial charge is 0.497 e. The molecule has 2 heterocycles. The van der Waals surface area contributed by atoms with Crippen LogP contribution >= 0.6 is 0 Å². The zero-order chi connectivity index (χ0) is 19.6. The highest BCUT2D eigenvalue weighted by Gasteiger charge is 2.33. The zero-order valence-corrected chi connectivity index (χ0v) is 16.2. The second-order valence-electron chi connectivity index (χ2n) is 6.04. The molecular weight excluding hydrogens is 374 g/mol. The molecule has 0 atom stereocenters. The number of ether oxygens (including phenoxy) is 2. The molecule has 0 aliphatic carbocycles. The van der Waals surface area contributed by atoms with E-state index in [0.717, 1.165) is 0 Å². The second kappa shape index (κ2) is 7.57. The topological polar surface area (TPSA) is 102 Å². The van der Waals surface area contributed by atoms with Crippen molar-refractivity contribution in [2.45, 2.75) is 11.8 Å². The number of benzene rings is 1. The molecule has 0 bridgehead atoms. The van der Waals surface area contributed by atoms with Crippen molar-refractivity contribution in [2.24, 2.45) is 0 Å². The van der Waals surface area contributed by atoms with Gasteiger partial charge in [-0.3, -0.25) is 4.79 Å². The number of sulfonamides is 1. The number of aromatic nitrogens is 1. The lowest BCUT2D eigenvalue weighted by Crippen LogP contribution is -2.50. The quantitative estimate of drug-likeness (QED) is 0.748. The summed E-state index contributed by atoms with van der Waals surface area (Å²) in [4.78, 5) is 14.0. The maximum absolute atomic E-state index is 13.0. The van der Waals surface area contributed by atoms with Crippen molar-refractivity contribution < 1.29 is 27.2 Å². The monoisotopic (exact) mass is 395 g/mol. The Bertz CT molecular complexity index is 932. The first-order chi connectivity index (χ1) is 12.9. The average Bonchev–Trinajstić information content (AvgIpc) is 3.13. The van der Waals surface area contributed by atoms with Gasteiger partial charge in [-0.15, -0.1) is 0 Å². The fourth-order valence-corrected chi connectivity index (χ4v) is 4.48. The molecule has 1 saturated heterocycles. The van der Waals surface area contributed by atoms with Gasteiger partial charge in [0.2, 0.25) is 10.0 Å². The molecule has 3 rings (SSSR count). The van der Waals surface area contributed by atoms with E-state index in [9.17, 15) is 13.2 Å². The number of rotatable bonds is 5. The Morgan fingerprint density at radius 2 is 1.81 bits per heavy atom. The van der Waals surface area contributed by atoms with Crippen molar-refractivity contribution in [3.05, 3.63) is 35.7 Å². The summed E-state index contributed by atoms with van der Waals surface area (Å²) in [6.45, 7) is 2.57. The first-order valence-corrected chi connectivity index (χ1v) is 9.75. The van der Waals surface area contributed by atoms with Crippen LogP contribution in [0.2, 0.25) is 0 Å². The highest BCUT2D eigenvalue weighted by Crippen LogP contribution is 2.31. The zero-order valence-electron chi connectivity index (χ0n) is 15.3. The highest BCUT2D eigenvalue weighted by atomic mass is 32.2. The first kappa shape index (κ1) is 19.2. The summed E-state index contributed by atoms with van der Waals surface area (Å²) < 4.78 is 42.7. The summed E-state index contributed by atoms with van der Waals surface area (Å²) >= 11 is 0. The number of carbonyl (C=O) groups is 1. The van der Waals surface area contributed by atoms with Crippen molar-refractivity contribution in [3.63, 3.8) is 0 Å². The molecule has 10 heteroatoms. The molecule has 1 fully saturated rings. The normalized spacial score (nSPS) is 15.6. The Hall–Kier alpha value is -2.59. The molecule has 1 aliphatic rings. The van der Waals surface area contributed by atoms with Crippen LogP contribution < -0.4 is 9.47 Å². The molecule has 2 aromatic rings. The third-order valence-electron chi connectivity index (χ3n) is 4.36. The minimum absolute atomic E-state index is 0.0382. The summed E-state index contributed by atoms with van der Waals surface area (Å²) in [7, 11) is -0.910. The number of methoxy groups -OCH3 is 2. The van der Waals surface area contributed by atoms with Crippen LogP contribution in [-0.2, 0) is 10.0 Å². The van der Waals surface area contributed by atoms with Gasteiger partial charge in [0.15, 0.2) is 5.69 Å². The van der Waals surface area contributed by atoms with E-state index in [1.807, 2.05) is 0 Å². The fraction of sp³-hybridized carbons (Fsp3) is 0.412. The summed E-state index contributed by atoms with van der Waals surface area (Å²) in [5.74, 6) is 0.935. The number of hydrogen-bond acceptors (Lipinski definition) is 7. The third-order valence-corrected chi connectivity index (χ3v) is 6.28. The van der Waals surface area contributed by atoms with E-state index in [0.29, 0.717) is 11.5 Å². The predicted octanol–water partition coefficient (Wildman–Crippen LogP) is 1.15. The molecular formula is C17H21N3O6S. The number of aryl methyl sites for hydroxylation is 1. The molecule has 0 spiro atoms. The molecule has 0 unspecified atom stereocenters. The molecule has 1 amide bonds. The van der Waals surface area contributed by atoms with Crippen LogP contribution in [0.15, 0.2) is 33.7 Å². The van der Waals surface area contributed by atoms with E-state index in [1.165, 1.54) is 24.6 Å². The number of amides is 1. The minimum Gasteiger partial charge on any atom is -0.497 e. The van der Waals surface area contributed by atoms with Crippen molar-refractivity contribution >= 4 is 15.9 Å². The Morgan fingerprint density at radius 3 is 2.37 bits per heavy atom. The van der Waals surface area contributed by atoms with Crippen LogP contribution in [0.25, 0.3) is 0 Å². The van der Waals surface area contributed by atoms with E-state index in [2.05, 4.69) is 5.16 Å². The van der Waals surface area contributed by atoms with Crippen LogP contribution in [0.1, 0.15) is 16.2 Å². The molecule has 146 valence electrons. The minimum atomic E-state index is -3.79. The van der Waals surface area contributed by atoms with E-state index >= 15 is 0 Å². The van der Waals surface area contributed by atoms with Gasteiger partial charge in [-0.2, -0.15) is 4.31 Å². The molecule has 27 heavy (non-hydrogen) atoms. The summed E-state index contributed by atoms with van der Waals surface area (Å²) in [5, 5.41) is 3.72. The molecule has 9 nitrogen and oxygen atoms in total. The lowest BCUT2D eigenvalue weighted by Gasteiger charge is -2.33. The molecule has 1 aliphatic heterocycles. The second-order valence-corrected chi connectivity index (χ2v) is 7.94. The molecule has 0 radical (unpaired) electrons. The summed E-state index contributed by atoms with van der Waals surface area (Å²) in [5.41, 5.74) is 0.221. The van der Waals surface area contributed by atoms with E-state index < -0.39 is 10.0 Å². The van der Waals surface area contributed by atoms with Gasteiger partial charge in [0.25, 0.3) is 5.91 Å². The average molecular weight is 395 g/mol. The summed E-state index contributed by atoms with van der Waals surface area (Å²) in [6.07, 6.45) is 0. The number of nitrogens with zero attached hydrogens (tertiary/aromatic N) is 3. The standard InChI is InChI=1S/C17H21N3O6S/c1-12-10-14(18-26-12)17(21)19-6-8-20(9-7-19)27(22,23)16-11-13(24-2)4-5-15(16)25-3/h4-5,10-11H,6-9H2,1-3H3. The van der Waals surface area contributed by atoms with E-state index in [1.54, 1.807) is 30.0 Å². The van der Waals surface area contributed by atoms with Crippen LogP contribution in [0.4, 0.5) is 0 Å². The van der Waals surface area contributed by atoms with Gasteiger partial charge in [0.1, 0.15) is 22.2 Å². The van der Waals surface area contributed by atoms with E-state index in [4.69, 9.17) is 14.0 Å². The van der Waals surface area contributed by atoms with Crippen molar-refractivity contribution in [1.82, 2.24) is 14.4 Å². The number of carbonyl (C=O) groups excluding carboxylic acids is 1. The lowest BCUT2D eigenvalue weighted by molar-refractivity contribution is 0.0687. The number of hydrogen-bond donors (Lipinski definition) is 0. The van der Waals surface area contributed by atoms with Gasteiger partial charge >= 0.3 is 0 Å². The maximum atomic E-state index is 13.0. The molecule has 1 aromatic carbocycles. The SMILES string of the molecule is COc1ccc(OC)c(S(=O)(=O)N2CCN(C(=O)c3cc(C)on3)CC2)c1. The lowest BCUT2D eigenvalue weighted by atomic mass is 10.3. The fourth-order valence-electron chi connectivity index (χ4n) is 2.89. The number of piperazine rings is 1. The Labute approximate surface area is 157 Å². The van der Waals surface area contributed by atoms with Gasteiger partial charge in [-0.25, -0.2) is 8.42 Å². The van der Waals surface area contributed by atoms with Gasteiger partial charge in [0, 0.05) is 38.3 Å². The highest BCUT2D eigenvalue weighted by molar-refractivity contribution is 7.89. The maximum Gasteiger partial charge on any atom is 0.276 e. The van der Waals surface area contributed by atoms with Gasteiger partial charge in [0.05, 0.1) is 14.2 Å². The molecule has 1 aromatic heterocycles. The predicted molar refractivity (Wildman–Crippen MR) is 95.4 cm³/mol. The van der Waals surface area contributed by atoms with Gasteiger partial charge < -0.3 is 18.9 Å². The van der Waals surface area contributed by atoms with Crippen LogP contribution in [0.5, 0.6) is 11.5 Å².